The second kappa shape index (κ2) is 4.95. The van der Waals surface area contributed by atoms with Crippen molar-refractivity contribution in [2.75, 3.05) is 7.05 Å². The number of aromatic nitrogens is 3. The van der Waals surface area contributed by atoms with E-state index in [-0.39, 0.29) is 11.5 Å². The molecule has 0 fully saturated rings. The summed E-state index contributed by atoms with van der Waals surface area (Å²) in [6, 6.07) is 2.61. The molecule has 0 N–H and O–H groups in total. The number of aryl methyl sites for hydroxylation is 1. The van der Waals surface area contributed by atoms with Gasteiger partial charge in [0.2, 0.25) is 5.95 Å². The third-order valence-corrected chi connectivity index (χ3v) is 2.62. The summed E-state index contributed by atoms with van der Waals surface area (Å²) in [5.74, 6) is -0.161. The Kier molecular flexibility index (Phi) is 3.36. The molecule has 0 radical (unpaired) electrons. The molecule has 0 aliphatic rings. The van der Waals surface area contributed by atoms with E-state index in [1.54, 1.807) is 19.4 Å². The summed E-state index contributed by atoms with van der Waals surface area (Å²) in [5.41, 5.74) is 0.277. The van der Waals surface area contributed by atoms with Crippen molar-refractivity contribution in [3.63, 3.8) is 0 Å². The molecular formula is C12H13FN4O. The van der Waals surface area contributed by atoms with E-state index in [0.717, 1.165) is 11.9 Å². The van der Waals surface area contributed by atoms with Crippen LogP contribution in [0.1, 0.15) is 16.2 Å². The topological polar surface area (TPSA) is 51.0 Å². The van der Waals surface area contributed by atoms with Gasteiger partial charge in [0.1, 0.15) is 5.82 Å². The lowest BCUT2D eigenvalue weighted by molar-refractivity contribution is 0.0780. The molecule has 6 heteroatoms. The maximum absolute atomic E-state index is 12.9. The summed E-state index contributed by atoms with van der Waals surface area (Å²) in [7, 11) is 3.50. The Morgan fingerprint density at radius 1 is 1.44 bits per heavy atom. The zero-order valence-corrected chi connectivity index (χ0v) is 10.2. The Morgan fingerprint density at radius 2 is 2.22 bits per heavy atom. The van der Waals surface area contributed by atoms with Gasteiger partial charge < -0.3 is 9.47 Å². The SMILES string of the molecule is CN(Cc1nccn1C)C(=O)c1ccnc(F)c1. The van der Waals surface area contributed by atoms with Crippen LogP contribution in [0.2, 0.25) is 0 Å². The van der Waals surface area contributed by atoms with Crippen molar-refractivity contribution < 1.29 is 9.18 Å². The van der Waals surface area contributed by atoms with Gasteiger partial charge >= 0.3 is 0 Å². The van der Waals surface area contributed by atoms with E-state index in [1.807, 2.05) is 11.6 Å². The zero-order valence-electron chi connectivity index (χ0n) is 10.2. The molecule has 94 valence electrons. The highest BCUT2D eigenvalue weighted by Crippen LogP contribution is 2.07. The number of carbonyl (C=O) groups excluding carboxylic acids is 1. The van der Waals surface area contributed by atoms with Crippen molar-refractivity contribution in [2.45, 2.75) is 6.54 Å². The first-order valence-electron chi connectivity index (χ1n) is 5.41. The van der Waals surface area contributed by atoms with E-state index in [0.29, 0.717) is 6.54 Å². The van der Waals surface area contributed by atoms with Crippen molar-refractivity contribution in [1.29, 1.82) is 0 Å². The third kappa shape index (κ3) is 2.53. The second-order valence-electron chi connectivity index (χ2n) is 3.98. The average Bonchev–Trinajstić information content (AvgIpc) is 2.74. The number of halogens is 1. The van der Waals surface area contributed by atoms with Gasteiger partial charge in [-0.05, 0) is 6.07 Å². The highest BCUT2D eigenvalue weighted by atomic mass is 19.1. The molecule has 0 spiro atoms. The van der Waals surface area contributed by atoms with Gasteiger partial charge in [-0.25, -0.2) is 9.97 Å². The molecule has 0 bridgehead atoms. The van der Waals surface area contributed by atoms with Gasteiger partial charge in [-0.1, -0.05) is 0 Å². The normalized spacial score (nSPS) is 10.4. The van der Waals surface area contributed by atoms with Gasteiger partial charge in [0.15, 0.2) is 0 Å². The van der Waals surface area contributed by atoms with Crippen molar-refractivity contribution in [3.8, 4) is 0 Å². The molecule has 18 heavy (non-hydrogen) atoms. The number of imidazole rings is 1. The Bertz CT molecular complexity index is 567. The van der Waals surface area contributed by atoms with Gasteiger partial charge in [0, 0.05) is 44.3 Å². The Hall–Kier alpha value is -2.24. The van der Waals surface area contributed by atoms with Crippen molar-refractivity contribution in [1.82, 2.24) is 19.4 Å². The molecule has 1 amide bonds. The molecule has 0 saturated heterocycles. The fourth-order valence-electron chi connectivity index (χ4n) is 1.59. The average molecular weight is 248 g/mol. The highest BCUT2D eigenvalue weighted by molar-refractivity contribution is 5.93. The Morgan fingerprint density at radius 3 is 2.83 bits per heavy atom. The first-order chi connectivity index (χ1) is 8.58. The van der Waals surface area contributed by atoms with E-state index in [1.165, 1.54) is 17.2 Å². The van der Waals surface area contributed by atoms with Crippen LogP contribution in [0, 0.1) is 5.95 Å². The van der Waals surface area contributed by atoms with Crippen LogP contribution in [0.5, 0.6) is 0 Å². The number of nitrogens with zero attached hydrogens (tertiary/aromatic N) is 4. The largest absolute Gasteiger partial charge is 0.337 e. The van der Waals surface area contributed by atoms with Crippen LogP contribution >= 0.6 is 0 Å². The van der Waals surface area contributed by atoms with E-state index in [2.05, 4.69) is 9.97 Å². The van der Waals surface area contributed by atoms with E-state index in [9.17, 15) is 9.18 Å². The van der Waals surface area contributed by atoms with Crippen LogP contribution in [-0.2, 0) is 13.6 Å². The standard InChI is InChI=1S/C12H13FN4O/c1-16-6-5-15-11(16)8-17(2)12(18)9-3-4-14-10(13)7-9/h3-7H,8H2,1-2H3. The molecule has 0 unspecified atom stereocenters. The minimum atomic E-state index is -0.661. The maximum atomic E-state index is 12.9. The fraction of sp³-hybridized carbons (Fsp3) is 0.250. The predicted octanol–water partition coefficient (Wildman–Crippen LogP) is 1.23. The summed E-state index contributed by atoms with van der Waals surface area (Å²) in [5, 5.41) is 0. The molecule has 0 saturated carbocycles. The Labute approximate surface area is 104 Å². The first kappa shape index (κ1) is 12.2. The quantitative estimate of drug-likeness (QED) is 0.767. The van der Waals surface area contributed by atoms with Crippen LogP contribution in [0.4, 0.5) is 4.39 Å². The van der Waals surface area contributed by atoms with E-state index in [4.69, 9.17) is 0 Å². The zero-order chi connectivity index (χ0) is 13.1. The third-order valence-electron chi connectivity index (χ3n) is 2.62. The molecule has 2 heterocycles. The molecular weight excluding hydrogens is 235 g/mol. The second-order valence-corrected chi connectivity index (χ2v) is 3.98. The molecule has 2 aromatic heterocycles. The van der Waals surface area contributed by atoms with Crippen LogP contribution in [0.25, 0.3) is 0 Å². The minimum absolute atomic E-state index is 0.265. The molecule has 0 aliphatic carbocycles. The summed E-state index contributed by atoms with van der Waals surface area (Å²) < 4.78 is 14.8. The number of carbonyl (C=O) groups is 1. The summed E-state index contributed by atoms with van der Waals surface area (Å²) in [4.78, 5) is 21.1. The Balaban J connectivity index is 2.12. The molecule has 0 atom stereocenters. The van der Waals surface area contributed by atoms with Crippen LogP contribution in [0.15, 0.2) is 30.7 Å². The monoisotopic (exact) mass is 248 g/mol. The summed E-state index contributed by atoms with van der Waals surface area (Å²) >= 11 is 0. The lowest BCUT2D eigenvalue weighted by atomic mass is 10.2. The van der Waals surface area contributed by atoms with Crippen molar-refractivity contribution in [3.05, 3.63) is 48.1 Å². The predicted molar refractivity (Wildman–Crippen MR) is 63.2 cm³/mol. The lowest BCUT2D eigenvalue weighted by Gasteiger charge is -2.16. The lowest BCUT2D eigenvalue weighted by Crippen LogP contribution is -2.27. The smallest absolute Gasteiger partial charge is 0.254 e. The number of pyridine rings is 1. The first-order valence-corrected chi connectivity index (χ1v) is 5.41. The fourth-order valence-corrected chi connectivity index (χ4v) is 1.59. The van der Waals surface area contributed by atoms with Gasteiger partial charge in [0.25, 0.3) is 5.91 Å². The minimum Gasteiger partial charge on any atom is -0.337 e. The molecule has 0 aromatic carbocycles. The highest BCUT2D eigenvalue weighted by Gasteiger charge is 2.14. The van der Waals surface area contributed by atoms with E-state index >= 15 is 0 Å². The van der Waals surface area contributed by atoms with Crippen LogP contribution in [-0.4, -0.2) is 32.4 Å². The van der Waals surface area contributed by atoms with Gasteiger partial charge in [-0.3, -0.25) is 4.79 Å². The van der Waals surface area contributed by atoms with Crippen molar-refractivity contribution in [2.24, 2.45) is 7.05 Å². The number of hydrogen-bond donors (Lipinski definition) is 0. The van der Waals surface area contributed by atoms with Gasteiger partial charge in [-0.15, -0.1) is 0 Å². The number of rotatable bonds is 3. The van der Waals surface area contributed by atoms with Crippen LogP contribution < -0.4 is 0 Å². The number of amides is 1. The van der Waals surface area contributed by atoms with Gasteiger partial charge in [0.05, 0.1) is 6.54 Å². The molecule has 2 rings (SSSR count). The molecule has 0 aliphatic heterocycles. The summed E-state index contributed by atoms with van der Waals surface area (Å²) in [6.07, 6.45) is 4.75. The number of hydrogen-bond acceptors (Lipinski definition) is 3. The van der Waals surface area contributed by atoms with Crippen LogP contribution in [0.3, 0.4) is 0 Å². The summed E-state index contributed by atoms with van der Waals surface area (Å²) in [6.45, 7) is 0.367. The van der Waals surface area contributed by atoms with Crippen molar-refractivity contribution >= 4 is 5.91 Å². The molecule has 5 nitrogen and oxygen atoms in total. The van der Waals surface area contributed by atoms with E-state index < -0.39 is 5.95 Å². The molecule has 2 aromatic rings. The van der Waals surface area contributed by atoms with Gasteiger partial charge in [-0.2, -0.15) is 4.39 Å². The maximum Gasteiger partial charge on any atom is 0.254 e.